The van der Waals surface area contributed by atoms with Crippen LogP contribution in [0.1, 0.15) is 0 Å². The van der Waals surface area contributed by atoms with Crippen LogP contribution in [0.5, 0.6) is 0 Å². The van der Waals surface area contributed by atoms with Gasteiger partial charge in [-0.05, 0) is 82.9 Å². The van der Waals surface area contributed by atoms with E-state index in [1.807, 2.05) is 6.20 Å². The Hall–Kier alpha value is -6.91. The number of benzene rings is 7. The SMILES string of the molecule is c1ccc(N2CCN(c3ccccc3)c3cc4c(cc32)-c2ccccc2-c2c(cccc2-n2c3ccccc3c3ccccc32)-c2cccnc2-4)cc1. The van der Waals surface area contributed by atoms with Crippen molar-refractivity contribution in [2.24, 2.45) is 0 Å². The summed E-state index contributed by atoms with van der Waals surface area (Å²) in [7, 11) is 0. The third-order valence-electron chi connectivity index (χ3n) is 11.1. The highest BCUT2D eigenvalue weighted by molar-refractivity contribution is 6.12. The number of rotatable bonds is 3. The van der Waals surface area contributed by atoms with Gasteiger partial charge in [0.1, 0.15) is 0 Å². The Balaban J connectivity index is 1.24. The van der Waals surface area contributed by atoms with E-state index in [1.54, 1.807) is 0 Å². The number of para-hydroxylation sites is 4. The first-order chi connectivity index (χ1) is 26.3. The predicted molar refractivity (Wildman–Crippen MR) is 221 cm³/mol. The average molecular weight is 679 g/mol. The molecule has 4 nitrogen and oxygen atoms in total. The minimum Gasteiger partial charge on any atom is -0.338 e. The first-order valence-electron chi connectivity index (χ1n) is 18.3. The molecule has 0 N–H and O–H groups in total. The molecule has 0 radical (unpaired) electrons. The van der Waals surface area contributed by atoms with Crippen molar-refractivity contribution in [1.29, 1.82) is 0 Å². The quantitative estimate of drug-likeness (QED) is 0.186. The third-order valence-corrected chi connectivity index (χ3v) is 11.1. The molecule has 250 valence electrons. The van der Waals surface area contributed by atoms with Crippen LogP contribution in [0.2, 0.25) is 0 Å². The minimum absolute atomic E-state index is 0.862. The van der Waals surface area contributed by atoms with Crippen LogP contribution in [-0.4, -0.2) is 22.6 Å². The van der Waals surface area contributed by atoms with Crippen molar-refractivity contribution in [3.8, 4) is 50.3 Å². The molecule has 53 heavy (non-hydrogen) atoms. The van der Waals surface area contributed by atoms with Gasteiger partial charge >= 0.3 is 0 Å². The summed E-state index contributed by atoms with van der Waals surface area (Å²) in [5.41, 5.74) is 17.5. The number of hydrogen-bond acceptors (Lipinski definition) is 3. The minimum atomic E-state index is 0.862. The molecule has 0 saturated carbocycles. The van der Waals surface area contributed by atoms with Crippen molar-refractivity contribution in [3.05, 3.63) is 182 Å². The molecule has 0 fully saturated rings. The van der Waals surface area contributed by atoms with Gasteiger partial charge in [0.2, 0.25) is 0 Å². The predicted octanol–water partition coefficient (Wildman–Crippen LogP) is 12.4. The molecule has 2 aliphatic rings. The summed E-state index contributed by atoms with van der Waals surface area (Å²) in [5.74, 6) is 0. The van der Waals surface area contributed by atoms with Crippen molar-refractivity contribution in [1.82, 2.24) is 9.55 Å². The fourth-order valence-corrected chi connectivity index (χ4v) is 8.81. The molecule has 0 spiro atoms. The van der Waals surface area contributed by atoms with E-state index >= 15 is 0 Å². The van der Waals surface area contributed by atoms with Gasteiger partial charge in [0.25, 0.3) is 0 Å². The van der Waals surface area contributed by atoms with E-state index in [-0.39, 0.29) is 0 Å². The summed E-state index contributed by atoms with van der Waals surface area (Å²) in [5, 5.41) is 2.51. The number of aromatic nitrogens is 2. The highest BCUT2D eigenvalue weighted by atomic mass is 15.3. The fourth-order valence-electron chi connectivity index (χ4n) is 8.81. The van der Waals surface area contributed by atoms with Gasteiger partial charge in [-0.2, -0.15) is 0 Å². The maximum Gasteiger partial charge on any atom is 0.0787 e. The van der Waals surface area contributed by atoms with Crippen LogP contribution in [0, 0.1) is 0 Å². The number of fused-ring (bicyclic) bond motifs is 12. The molecule has 0 saturated heterocycles. The van der Waals surface area contributed by atoms with Crippen molar-refractivity contribution in [2.75, 3.05) is 22.9 Å². The molecule has 2 aromatic heterocycles. The number of anilines is 4. The lowest BCUT2D eigenvalue weighted by atomic mass is 9.81. The number of hydrogen-bond donors (Lipinski definition) is 0. The van der Waals surface area contributed by atoms with Gasteiger partial charge in [-0.25, -0.2) is 0 Å². The molecular weight excluding hydrogens is 645 g/mol. The molecule has 7 aromatic carbocycles. The maximum absolute atomic E-state index is 5.21. The van der Waals surface area contributed by atoms with E-state index < -0.39 is 0 Å². The first-order valence-corrected chi connectivity index (χ1v) is 18.3. The third kappa shape index (κ3) is 4.52. The van der Waals surface area contributed by atoms with Gasteiger partial charge in [0.15, 0.2) is 0 Å². The molecule has 1 aliphatic carbocycles. The molecule has 3 heterocycles. The van der Waals surface area contributed by atoms with Crippen LogP contribution < -0.4 is 9.80 Å². The van der Waals surface area contributed by atoms with Gasteiger partial charge in [-0.3, -0.25) is 4.98 Å². The molecule has 0 atom stereocenters. The molecule has 0 amide bonds. The first kappa shape index (κ1) is 29.8. The molecular formula is C49H34N4. The maximum atomic E-state index is 5.21. The highest BCUT2D eigenvalue weighted by Crippen LogP contribution is 2.53. The second kappa shape index (κ2) is 11.8. The molecule has 4 heteroatoms. The Bertz CT molecular complexity index is 2800. The van der Waals surface area contributed by atoms with Crippen LogP contribution in [0.4, 0.5) is 22.7 Å². The van der Waals surface area contributed by atoms with E-state index in [4.69, 9.17) is 4.98 Å². The summed E-state index contributed by atoms with van der Waals surface area (Å²) in [4.78, 5) is 10.2. The molecule has 1 aliphatic heterocycles. The van der Waals surface area contributed by atoms with Crippen LogP contribution in [-0.2, 0) is 0 Å². The van der Waals surface area contributed by atoms with E-state index in [0.717, 1.165) is 35.6 Å². The van der Waals surface area contributed by atoms with Crippen molar-refractivity contribution >= 4 is 44.6 Å². The molecule has 11 rings (SSSR count). The lowest BCUT2D eigenvalue weighted by Gasteiger charge is -2.40. The monoisotopic (exact) mass is 678 g/mol. The van der Waals surface area contributed by atoms with Gasteiger partial charge < -0.3 is 14.4 Å². The van der Waals surface area contributed by atoms with Gasteiger partial charge in [-0.1, -0.05) is 115 Å². The fraction of sp³-hybridized carbons (Fsp3) is 0.0408. The van der Waals surface area contributed by atoms with Crippen molar-refractivity contribution < 1.29 is 0 Å². The summed E-state index contributed by atoms with van der Waals surface area (Å²) in [6.45, 7) is 1.73. The second-order valence-electron chi connectivity index (χ2n) is 13.9. The van der Waals surface area contributed by atoms with E-state index in [2.05, 4.69) is 190 Å². The lowest BCUT2D eigenvalue weighted by Crippen LogP contribution is -2.36. The molecule has 0 bridgehead atoms. The zero-order valence-electron chi connectivity index (χ0n) is 29.0. The van der Waals surface area contributed by atoms with Crippen molar-refractivity contribution in [3.63, 3.8) is 0 Å². The Morgan fingerprint density at radius 1 is 0.377 bits per heavy atom. The Morgan fingerprint density at radius 2 is 0.906 bits per heavy atom. The zero-order chi connectivity index (χ0) is 34.9. The van der Waals surface area contributed by atoms with Gasteiger partial charge in [0, 0.05) is 58.1 Å². The van der Waals surface area contributed by atoms with E-state index in [0.29, 0.717) is 0 Å². The van der Waals surface area contributed by atoms with Crippen molar-refractivity contribution in [2.45, 2.75) is 0 Å². The Kier molecular flexibility index (Phi) is 6.65. The summed E-state index contributed by atoms with van der Waals surface area (Å²) in [6.07, 6.45) is 1.94. The highest BCUT2D eigenvalue weighted by Gasteiger charge is 2.31. The van der Waals surface area contributed by atoms with Gasteiger partial charge in [0.05, 0.1) is 33.8 Å². The standard InChI is InChI=1S/C49H34N4/c1-3-15-33(16-4-1)51-29-30-52(34-17-5-2-6-18-34)47-32-42-41(31-46(47)51)35-19-7-8-22-38(35)48-39(40-24-14-28-50-49(40)42)23-13-27-45(48)53-43-25-11-9-20-36(43)37-21-10-12-26-44(37)53/h1-28,31-32H,29-30H2. The van der Waals surface area contributed by atoms with Crippen LogP contribution in [0.15, 0.2) is 182 Å². The summed E-state index contributed by atoms with van der Waals surface area (Å²) >= 11 is 0. The largest absolute Gasteiger partial charge is 0.338 e. The number of nitrogens with zero attached hydrogens (tertiary/aromatic N) is 4. The topological polar surface area (TPSA) is 24.3 Å². The average Bonchev–Trinajstić information content (AvgIpc) is 3.57. The Morgan fingerprint density at radius 3 is 1.57 bits per heavy atom. The summed E-state index contributed by atoms with van der Waals surface area (Å²) in [6, 6.07) is 64.0. The van der Waals surface area contributed by atoms with E-state index in [1.165, 1.54) is 72.4 Å². The normalized spacial score (nSPS) is 13.1. The van der Waals surface area contributed by atoms with Crippen LogP contribution in [0.3, 0.4) is 0 Å². The van der Waals surface area contributed by atoms with Crippen LogP contribution >= 0.6 is 0 Å². The second-order valence-corrected chi connectivity index (χ2v) is 13.9. The van der Waals surface area contributed by atoms with E-state index in [9.17, 15) is 0 Å². The van der Waals surface area contributed by atoms with Gasteiger partial charge in [-0.15, -0.1) is 0 Å². The Labute approximate surface area is 308 Å². The zero-order valence-corrected chi connectivity index (χ0v) is 29.0. The summed E-state index contributed by atoms with van der Waals surface area (Å²) < 4.78 is 2.46. The van der Waals surface area contributed by atoms with Crippen LogP contribution in [0.25, 0.3) is 72.1 Å². The molecule has 9 aromatic rings. The number of pyridine rings is 1. The molecule has 0 unspecified atom stereocenters. The smallest absolute Gasteiger partial charge is 0.0787 e. The lowest BCUT2D eigenvalue weighted by molar-refractivity contribution is 0.850.